The molecule has 172 valence electrons. The molecule has 0 amide bonds. The fraction of sp³-hybridized carbons (Fsp3) is 0.292. The number of hydrogen-bond donors (Lipinski definition) is 2. The fourth-order valence-corrected chi connectivity index (χ4v) is 4.33. The molecule has 3 aromatic rings. The van der Waals surface area contributed by atoms with Gasteiger partial charge in [0.1, 0.15) is 24.3 Å². The number of nitrogens with zero attached hydrogens (tertiary/aromatic N) is 6. The summed E-state index contributed by atoms with van der Waals surface area (Å²) in [7, 11) is 1.48. The zero-order valence-electron chi connectivity index (χ0n) is 18.7. The van der Waals surface area contributed by atoms with Gasteiger partial charge in [0.25, 0.3) is 0 Å². The molecule has 4 heterocycles. The Labute approximate surface area is 197 Å². The van der Waals surface area contributed by atoms with Crippen LogP contribution in [-0.4, -0.2) is 44.0 Å². The van der Waals surface area contributed by atoms with Crippen LogP contribution in [0.4, 0.5) is 17.3 Å². The van der Waals surface area contributed by atoms with Crippen molar-refractivity contribution >= 4 is 17.3 Å². The molecule has 1 aliphatic heterocycles. The van der Waals surface area contributed by atoms with Gasteiger partial charge in [-0.2, -0.15) is 5.26 Å². The Morgan fingerprint density at radius 3 is 2.76 bits per heavy atom. The minimum absolute atomic E-state index is 0.233. The molecule has 1 saturated carbocycles. The minimum Gasteiger partial charge on any atom is -0.378 e. The van der Waals surface area contributed by atoms with E-state index in [9.17, 15) is 0 Å². The Balaban J connectivity index is 1.31. The zero-order valence-corrected chi connectivity index (χ0v) is 18.7. The maximum atomic E-state index is 8.90. The lowest BCUT2D eigenvalue weighted by molar-refractivity contribution is -0.282. The van der Waals surface area contributed by atoms with Crippen LogP contribution in [0.25, 0.3) is 0 Å². The molecule has 2 aliphatic rings. The van der Waals surface area contributed by atoms with E-state index >= 15 is 0 Å². The Hall–Kier alpha value is -4.07. The van der Waals surface area contributed by atoms with Crippen molar-refractivity contribution < 1.29 is 9.78 Å². The summed E-state index contributed by atoms with van der Waals surface area (Å²) in [6.07, 6.45) is 10.8. The largest absolute Gasteiger partial charge is 0.378 e. The van der Waals surface area contributed by atoms with Gasteiger partial charge >= 0.3 is 0 Å². The lowest BCUT2D eigenvalue weighted by Gasteiger charge is -2.29. The van der Waals surface area contributed by atoms with Gasteiger partial charge < -0.3 is 15.5 Å². The highest BCUT2D eigenvalue weighted by Crippen LogP contribution is 2.39. The maximum Gasteiger partial charge on any atom is 0.158 e. The second-order valence-corrected chi connectivity index (χ2v) is 8.17. The van der Waals surface area contributed by atoms with Crippen LogP contribution in [0.1, 0.15) is 29.8 Å². The quantitative estimate of drug-likeness (QED) is 0.366. The summed E-state index contributed by atoms with van der Waals surface area (Å²) in [4.78, 5) is 29.5. The maximum absolute atomic E-state index is 8.90. The van der Waals surface area contributed by atoms with Crippen LogP contribution in [0.15, 0.2) is 60.8 Å². The predicted molar refractivity (Wildman–Crippen MR) is 124 cm³/mol. The fourth-order valence-electron chi connectivity index (χ4n) is 4.33. The van der Waals surface area contributed by atoms with Gasteiger partial charge in [-0.05, 0) is 30.5 Å². The van der Waals surface area contributed by atoms with E-state index in [1.807, 2.05) is 30.5 Å². The molecule has 1 fully saturated rings. The molecule has 2 N–H and O–H groups in total. The van der Waals surface area contributed by atoms with Crippen LogP contribution in [0.3, 0.4) is 0 Å². The summed E-state index contributed by atoms with van der Waals surface area (Å²) >= 11 is 0. The van der Waals surface area contributed by atoms with Crippen LogP contribution in [0.5, 0.6) is 0 Å². The van der Waals surface area contributed by atoms with E-state index in [4.69, 9.17) is 15.0 Å². The van der Waals surface area contributed by atoms with Crippen molar-refractivity contribution in [2.75, 3.05) is 17.7 Å². The van der Waals surface area contributed by atoms with Crippen molar-refractivity contribution in [2.45, 2.75) is 38.1 Å². The normalized spacial score (nSPS) is 18.5. The Bertz CT molecular complexity index is 1210. The number of fused-ring (bicyclic) bond motifs is 2. The first-order chi connectivity index (χ1) is 16.7. The van der Waals surface area contributed by atoms with Crippen LogP contribution in [-0.2, 0) is 22.9 Å². The van der Waals surface area contributed by atoms with Gasteiger partial charge in [0.05, 0.1) is 37.8 Å². The van der Waals surface area contributed by atoms with Gasteiger partial charge in [-0.15, -0.1) is 0 Å². The van der Waals surface area contributed by atoms with Gasteiger partial charge in [0, 0.05) is 42.0 Å². The molecule has 2 bridgehead atoms. The average Bonchev–Trinajstić information content (AvgIpc) is 3.45. The highest BCUT2D eigenvalue weighted by Gasteiger charge is 2.38. The first-order valence-corrected chi connectivity index (χ1v) is 11.0. The third-order valence-corrected chi connectivity index (χ3v) is 5.97. The Morgan fingerprint density at radius 1 is 1.15 bits per heavy atom. The third-order valence-electron chi connectivity index (χ3n) is 5.97. The molecule has 10 nitrogen and oxygen atoms in total. The summed E-state index contributed by atoms with van der Waals surface area (Å²) in [6, 6.07) is 10.6. The summed E-state index contributed by atoms with van der Waals surface area (Å²) in [5, 5.41) is 15.7. The van der Waals surface area contributed by atoms with Gasteiger partial charge in [0.15, 0.2) is 5.69 Å². The monoisotopic (exact) mass is 456 g/mol. The first kappa shape index (κ1) is 21.8. The van der Waals surface area contributed by atoms with Crippen molar-refractivity contribution in [2.24, 2.45) is 0 Å². The van der Waals surface area contributed by atoms with Crippen LogP contribution in [0, 0.1) is 11.3 Å². The number of nitrogens with one attached hydrogen (secondary N) is 2. The van der Waals surface area contributed by atoms with Crippen molar-refractivity contribution in [1.82, 2.24) is 24.8 Å². The third kappa shape index (κ3) is 4.80. The molecule has 34 heavy (non-hydrogen) atoms. The molecule has 10 heteroatoms. The molecular weight excluding hydrogens is 432 g/mol. The molecule has 2 atom stereocenters. The van der Waals surface area contributed by atoms with E-state index < -0.39 is 0 Å². The summed E-state index contributed by atoms with van der Waals surface area (Å²) in [6.45, 7) is 1.09. The Kier molecular flexibility index (Phi) is 6.29. The van der Waals surface area contributed by atoms with Crippen LogP contribution >= 0.6 is 0 Å². The smallest absolute Gasteiger partial charge is 0.158 e. The van der Waals surface area contributed by atoms with Crippen molar-refractivity contribution in [3.8, 4) is 6.07 Å². The lowest BCUT2D eigenvalue weighted by atomic mass is 10.1. The van der Waals surface area contributed by atoms with E-state index in [2.05, 4.69) is 47.7 Å². The first-order valence-electron chi connectivity index (χ1n) is 11.0. The predicted octanol–water partition coefficient (Wildman–Crippen LogP) is 3.30. The summed E-state index contributed by atoms with van der Waals surface area (Å²) in [5.74, 6) is 1.11. The molecule has 5 rings (SSSR count). The number of nitriles is 1. The van der Waals surface area contributed by atoms with Crippen LogP contribution in [0.2, 0.25) is 0 Å². The van der Waals surface area contributed by atoms with E-state index in [1.54, 1.807) is 6.20 Å². The SMILES string of the molecule is COOCc1cnc(Nc2cnc(C#N)cn2)cc1NC1CC2CC1=CN2Cc1ccccn1. The highest BCUT2D eigenvalue weighted by atomic mass is 17.2. The molecule has 2 unspecified atom stereocenters. The van der Waals surface area contributed by atoms with E-state index in [-0.39, 0.29) is 18.3 Å². The second kappa shape index (κ2) is 9.82. The van der Waals surface area contributed by atoms with Crippen molar-refractivity contribution in [3.05, 3.63) is 77.8 Å². The summed E-state index contributed by atoms with van der Waals surface area (Å²) in [5.41, 5.74) is 4.50. The number of anilines is 3. The van der Waals surface area contributed by atoms with Gasteiger partial charge in [-0.25, -0.2) is 24.7 Å². The number of pyridine rings is 2. The second-order valence-electron chi connectivity index (χ2n) is 8.17. The standard InChI is InChI=1S/C24H24N8O2/c1-33-34-15-17-10-28-23(31-24-12-27-19(9-25)11-29-24)8-22(17)30-21-7-20-6-16(21)13-32(20)14-18-4-2-3-5-26-18/h2-5,8,10-13,20-21H,6-7,14-15H2,1H3,(H2,28,29,30,31). The van der Waals surface area contributed by atoms with Gasteiger partial charge in [-0.1, -0.05) is 6.07 Å². The number of rotatable bonds is 9. The average molecular weight is 457 g/mol. The molecular formula is C24H24N8O2. The number of hydrogen-bond acceptors (Lipinski definition) is 10. The molecule has 1 aliphatic carbocycles. The molecule has 0 radical (unpaired) electrons. The lowest BCUT2D eigenvalue weighted by Crippen LogP contribution is -2.32. The number of aromatic nitrogens is 4. The van der Waals surface area contributed by atoms with Crippen molar-refractivity contribution in [1.29, 1.82) is 5.26 Å². The summed E-state index contributed by atoms with van der Waals surface area (Å²) < 4.78 is 0. The topological polar surface area (TPSA) is 121 Å². The zero-order chi connectivity index (χ0) is 23.3. The molecule has 3 aromatic heterocycles. The minimum atomic E-state index is 0.233. The Morgan fingerprint density at radius 2 is 2.06 bits per heavy atom. The molecule has 0 aromatic carbocycles. The van der Waals surface area contributed by atoms with Crippen molar-refractivity contribution in [3.63, 3.8) is 0 Å². The molecule has 0 saturated heterocycles. The van der Waals surface area contributed by atoms with Gasteiger partial charge in [0.2, 0.25) is 0 Å². The van der Waals surface area contributed by atoms with E-state index in [0.717, 1.165) is 36.3 Å². The highest BCUT2D eigenvalue weighted by molar-refractivity contribution is 5.62. The molecule has 0 spiro atoms. The van der Waals surface area contributed by atoms with Crippen LogP contribution < -0.4 is 10.6 Å². The van der Waals surface area contributed by atoms with Gasteiger partial charge in [-0.3, -0.25) is 4.98 Å². The van der Waals surface area contributed by atoms with E-state index in [0.29, 0.717) is 17.7 Å². The van der Waals surface area contributed by atoms with E-state index in [1.165, 1.54) is 25.1 Å².